The summed E-state index contributed by atoms with van der Waals surface area (Å²) >= 11 is 0. The number of fused-ring (bicyclic) bond motifs is 1. The second-order valence-electron chi connectivity index (χ2n) is 9.09. The zero-order chi connectivity index (χ0) is 22.7. The lowest BCUT2D eigenvalue weighted by Gasteiger charge is -2.33. The predicted molar refractivity (Wildman–Crippen MR) is 127 cm³/mol. The van der Waals surface area contributed by atoms with E-state index in [9.17, 15) is 13.2 Å². The molecule has 32 heavy (non-hydrogen) atoms. The van der Waals surface area contributed by atoms with Crippen LogP contribution in [0.4, 0.5) is 5.82 Å². The fraction of sp³-hybridized carbons (Fsp3) is 0.583. The molecule has 2 atom stereocenters. The number of anilines is 1. The van der Waals surface area contributed by atoms with Gasteiger partial charge in [0, 0.05) is 37.6 Å². The van der Waals surface area contributed by atoms with Crippen LogP contribution in [0, 0.1) is 5.92 Å². The molecule has 2 aliphatic heterocycles. The average Bonchev–Trinajstić information content (AvgIpc) is 2.83. The van der Waals surface area contributed by atoms with Crippen molar-refractivity contribution in [2.75, 3.05) is 31.1 Å². The zero-order valence-corrected chi connectivity index (χ0v) is 19.9. The molecule has 1 aromatic heterocycles. The molecule has 2 aliphatic rings. The van der Waals surface area contributed by atoms with Crippen LogP contribution in [0.25, 0.3) is 10.9 Å². The van der Waals surface area contributed by atoms with Gasteiger partial charge in [-0.05, 0) is 69.4 Å². The monoisotopic (exact) mass is 458 g/mol. The number of benzene rings is 1. The van der Waals surface area contributed by atoms with E-state index < -0.39 is 10.0 Å². The third-order valence-electron chi connectivity index (χ3n) is 6.72. The Morgan fingerprint density at radius 2 is 1.91 bits per heavy atom. The second kappa shape index (κ2) is 9.75. The number of hydrogen-bond donors (Lipinski definition) is 1. The van der Waals surface area contributed by atoms with E-state index in [1.54, 1.807) is 22.5 Å². The molecule has 0 spiro atoms. The van der Waals surface area contributed by atoms with Crippen LogP contribution in [0.15, 0.2) is 35.2 Å². The molecule has 3 heterocycles. The summed E-state index contributed by atoms with van der Waals surface area (Å²) in [5.74, 6) is 0.926. The first-order valence-electron chi connectivity index (χ1n) is 11.8. The number of piperidine rings is 2. The maximum absolute atomic E-state index is 13.0. The molecule has 1 amide bonds. The Balaban J connectivity index is 1.51. The molecule has 174 valence electrons. The molecule has 1 N–H and O–H groups in total. The smallest absolute Gasteiger partial charge is 0.243 e. The molecule has 0 unspecified atom stereocenters. The lowest BCUT2D eigenvalue weighted by molar-refractivity contribution is -0.125. The molecule has 2 saturated heterocycles. The quantitative estimate of drug-likeness (QED) is 0.716. The highest BCUT2D eigenvalue weighted by Gasteiger charge is 2.28. The molecular weight excluding hydrogens is 424 g/mol. The lowest BCUT2D eigenvalue weighted by atomic mass is 9.96. The van der Waals surface area contributed by atoms with E-state index in [0.29, 0.717) is 24.5 Å². The van der Waals surface area contributed by atoms with Crippen molar-refractivity contribution in [1.82, 2.24) is 14.6 Å². The van der Waals surface area contributed by atoms with E-state index in [-0.39, 0.29) is 17.9 Å². The molecular formula is C24H34N4O3S. The van der Waals surface area contributed by atoms with Crippen LogP contribution in [0.2, 0.25) is 0 Å². The average molecular weight is 459 g/mol. The van der Waals surface area contributed by atoms with Gasteiger partial charge in [0.05, 0.1) is 16.3 Å². The van der Waals surface area contributed by atoms with Gasteiger partial charge in [0.2, 0.25) is 15.9 Å². The van der Waals surface area contributed by atoms with Crippen molar-refractivity contribution in [3.63, 3.8) is 0 Å². The summed E-state index contributed by atoms with van der Waals surface area (Å²) in [6.07, 6.45) is 5.69. The largest absolute Gasteiger partial charge is 0.356 e. The Morgan fingerprint density at radius 3 is 2.66 bits per heavy atom. The van der Waals surface area contributed by atoms with E-state index in [2.05, 4.69) is 17.1 Å². The van der Waals surface area contributed by atoms with Crippen molar-refractivity contribution >= 4 is 32.7 Å². The number of amides is 1. The summed E-state index contributed by atoms with van der Waals surface area (Å²) < 4.78 is 27.6. The molecule has 2 fully saturated rings. The Kier molecular flexibility index (Phi) is 7.00. The van der Waals surface area contributed by atoms with E-state index in [1.165, 1.54) is 0 Å². The number of aromatic nitrogens is 1. The van der Waals surface area contributed by atoms with Crippen molar-refractivity contribution in [3.05, 3.63) is 30.3 Å². The van der Waals surface area contributed by atoms with Gasteiger partial charge in [-0.25, -0.2) is 13.4 Å². The van der Waals surface area contributed by atoms with Crippen molar-refractivity contribution in [3.8, 4) is 0 Å². The van der Waals surface area contributed by atoms with Gasteiger partial charge >= 0.3 is 0 Å². The number of sulfonamides is 1. The number of hydrogen-bond acceptors (Lipinski definition) is 5. The third kappa shape index (κ3) is 4.91. The number of nitrogens with zero attached hydrogens (tertiary/aromatic N) is 3. The predicted octanol–water partition coefficient (Wildman–Crippen LogP) is 3.54. The van der Waals surface area contributed by atoms with Gasteiger partial charge in [-0.2, -0.15) is 4.31 Å². The first kappa shape index (κ1) is 23.0. The Labute approximate surface area is 191 Å². The number of carbonyl (C=O) groups excluding carboxylic acids is 1. The van der Waals surface area contributed by atoms with Gasteiger partial charge in [0.1, 0.15) is 5.82 Å². The fourth-order valence-corrected chi connectivity index (χ4v) is 6.10. The summed E-state index contributed by atoms with van der Waals surface area (Å²) in [5, 5.41) is 3.92. The van der Waals surface area contributed by atoms with Crippen LogP contribution < -0.4 is 10.2 Å². The highest BCUT2D eigenvalue weighted by molar-refractivity contribution is 7.89. The van der Waals surface area contributed by atoms with Gasteiger partial charge in [-0.3, -0.25) is 4.79 Å². The molecule has 0 saturated carbocycles. The number of carbonyl (C=O) groups is 1. The highest BCUT2D eigenvalue weighted by Crippen LogP contribution is 2.27. The van der Waals surface area contributed by atoms with Gasteiger partial charge in [0.15, 0.2) is 0 Å². The molecule has 7 nitrogen and oxygen atoms in total. The van der Waals surface area contributed by atoms with E-state index in [4.69, 9.17) is 4.98 Å². The van der Waals surface area contributed by atoms with Crippen LogP contribution in [0.5, 0.6) is 0 Å². The summed E-state index contributed by atoms with van der Waals surface area (Å²) in [5.41, 5.74) is 0.770. The van der Waals surface area contributed by atoms with Gasteiger partial charge in [-0.15, -0.1) is 0 Å². The maximum atomic E-state index is 13.0. The third-order valence-corrected chi connectivity index (χ3v) is 8.61. The van der Waals surface area contributed by atoms with E-state index >= 15 is 0 Å². The zero-order valence-electron chi connectivity index (χ0n) is 19.1. The van der Waals surface area contributed by atoms with Gasteiger partial charge in [0.25, 0.3) is 0 Å². The highest BCUT2D eigenvalue weighted by atomic mass is 32.2. The van der Waals surface area contributed by atoms with Crippen molar-refractivity contribution in [2.24, 2.45) is 5.92 Å². The van der Waals surface area contributed by atoms with Crippen molar-refractivity contribution in [2.45, 2.75) is 63.3 Å². The first-order chi connectivity index (χ1) is 15.4. The lowest BCUT2D eigenvalue weighted by Crippen LogP contribution is -2.45. The van der Waals surface area contributed by atoms with E-state index in [0.717, 1.165) is 61.8 Å². The normalized spacial score (nSPS) is 21.4. The van der Waals surface area contributed by atoms with Crippen LogP contribution in [0.1, 0.15) is 52.4 Å². The SMILES string of the molecule is CC[C@H](C)NC(=O)[C@@H]1CCCN(c2ccc3cc(S(=O)(=O)N4CCCCC4)ccc3n2)C1. The molecule has 2 aromatic rings. The Hall–Kier alpha value is -2.19. The number of rotatable bonds is 6. The van der Waals surface area contributed by atoms with Crippen molar-refractivity contribution in [1.29, 1.82) is 0 Å². The summed E-state index contributed by atoms with van der Waals surface area (Å²) in [6, 6.07) is 9.26. The Morgan fingerprint density at radius 1 is 1.12 bits per heavy atom. The summed E-state index contributed by atoms with van der Waals surface area (Å²) in [4.78, 5) is 19.9. The summed E-state index contributed by atoms with van der Waals surface area (Å²) in [7, 11) is -3.46. The topological polar surface area (TPSA) is 82.6 Å². The summed E-state index contributed by atoms with van der Waals surface area (Å²) in [6.45, 7) is 6.81. The first-order valence-corrected chi connectivity index (χ1v) is 13.3. The second-order valence-corrected chi connectivity index (χ2v) is 11.0. The minimum Gasteiger partial charge on any atom is -0.356 e. The fourth-order valence-electron chi connectivity index (χ4n) is 4.55. The molecule has 8 heteroatoms. The molecule has 0 bridgehead atoms. The minimum absolute atomic E-state index is 0.0349. The van der Waals surface area contributed by atoms with Crippen LogP contribution in [-0.4, -0.2) is 55.8 Å². The standard InChI is InChI=1S/C24H34N4O3S/c1-3-18(2)25-24(29)20-8-7-13-27(17-20)23-12-9-19-16-21(10-11-22(19)26-23)32(30,31)28-14-5-4-6-15-28/h9-12,16,18,20H,3-8,13-15,17H2,1-2H3,(H,25,29)/t18-,20+/m0/s1. The molecule has 1 aromatic carbocycles. The maximum Gasteiger partial charge on any atom is 0.243 e. The van der Waals surface area contributed by atoms with Gasteiger partial charge in [-0.1, -0.05) is 13.3 Å². The van der Waals surface area contributed by atoms with Crippen LogP contribution in [-0.2, 0) is 14.8 Å². The number of pyridine rings is 1. The van der Waals surface area contributed by atoms with Gasteiger partial charge < -0.3 is 10.2 Å². The van der Waals surface area contributed by atoms with E-state index in [1.807, 2.05) is 19.1 Å². The Bertz CT molecular complexity index is 1070. The van der Waals surface area contributed by atoms with Crippen LogP contribution in [0.3, 0.4) is 0 Å². The van der Waals surface area contributed by atoms with Crippen molar-refractivity contribution < 1.29 is 13.2 Å². The molecule has 0 aliphatic carbocycles. The van der Waals surface area contributed by atoms with Crippen LogP contribution >= 0.6 is 0 Å². The number of nitrogens with one attached hydrogen (secondary N) is 1. The minimum atomic E-state index is -3.46. The molecule has 4 rings (SSSR count). The molecule has 0 radical (unpaired) electrons.